The van der Waals surface area contributed by atoms with Crippen molar-refractivity contribution >= 4 is 0 Å². The van der Waals surface area contributed by atoms with Gasteiger partial charge in [0.2, 0.25) is 0 Å². The summed E-state index contributed by atoms with van der Waals surface area (Å²) in [5, 5.41) is 0. The smallest absolute Gasteiger partial charge is 0.0544 e. The summed E-state index contributed by atoms with van der Waals surface area (Å²) in [6.07, 6.45) is 5.21. The van der Waals surface area contributed by atoms with Gasteiger partial charge in [0, 0.05) is 10.8 Å². The fraction of sp³-hybridized carbons (Fsp3) is 1.00. The van der Waals surface area contributed by atoms with Gasteiger partial charge >= 0.3 is 0 Å². The van der Waals surface area contributed by atoms with Gasteiger partial charge in [0.1, 0.15) is 0 Å². The second-order valence-corrected chi connectivity index (χ2v) is 5.19. The summed E-state index contributed by atoms with van der Waals surface area (Å²) < 4.78 is 10.7. The Balaban J connectivity index is 1.80. The zero-order chi connectivity index (χ0) is 10.1. The van der Waals surface area contributed by atoms with Crippen LogP contribution in [0.1, 0.15) is 39.5 Å². The van der Waals surface area contributed by atoms with Crippen LogP contribution in [0.25, 0.3) is 0 Å². The van der Waals surface area contributed by atoms with Crippen molar-refractivity contribution in [2.24, 2.45) is 10.8 Å². The summed E-state index contributed by atoms with van der Waals surface area (Å²) in [7, 11) is 0. The summed E-state index contributed by atoms with van der Waals surface area (Å²) in [5.74, 6) is 0. The molecule has 14 heavy (non-hydrogen) atoms. The molecular weight excluding hydrogens is 176 g/mol. The first kappa shape index (κ1) is 10.4. The lowest BCUT2D eigenvalue weighted by molar-refractivity contribution is -0.153. The van der Waals surface area contributed by atoms with Crippen molar-refractivity contribution in [1.29, 1.82) is 0 Å². The highest BCUT2D eigenvalue weighted by Crippen LogP contribution is 2.43. The van der Waals surface area contributed by atoms with Gasteiger partial charge in [0.15, 0.2) is 0 Å². The molecule has 0 aliphatic carbocycles. The summed E-state index contributed by atoms with van der Waals surface area (Å²) in [6, 6.07) is 0. The van der Waals surface area contributed by atoms with Gasteiger partial charge in [-0.3, -0.25) is 0 Å². The van der Waals surface area contributed by atoms with Crippen molar-refractivity contribution in [2.75, 3.05) is 26.4 Å². The van der Waals surface area contributed by atoms with Crippen LogP contribution in [0.2, 0.25) is 0 Å². The molecule has 0 bridgehead atoms. The molecule has 0 spiro atoms. The Labute approximate surface area is 87.0 Å². The average Bonchev–Trinajstić information content (AvgIpc) is 2.07. The Morgan fingerprint density at radius 3 is 1.29 bits per heavy atom. The minimum Gasteiger partial charge on any atom is -0.380 e. The van der Waals surface area contributed by atoms with Crippen LogP contribution >= 0.6 is 0 Å². The molecule has 0 aromatic heterocycles. The highest BCUT2D eigenvalue weighted by molar-refractivity contribution is 4.90. The van der Waals surface area contributed by atoms with Crippen molar-refractivity contribution in [3.8, 4) is 0 Å². The molecule has 0 radical (unpaired) electrons. The van der Waals surface area contributed by atoms with E-state index in [-0.39, 0.29) is 0 Å². The zero-order valence-corrected chi connectivity index (χ0v) is 9.47. The van der Waals surface area contributed by atoms with Crippen LogP contribution in [0, 0.1) is 10.8 Å². The molecule has 2 fully saturated rings. The Morgan fingerprint density at radius 2 is 1.14 bits per heavy atom. The first-order valence-corrected chi connectivity index (χ1v) is 5.90. The standard InChI is InChI=1S/C12H22O2/c1-3-11(7-13-8-11)5-6-12(4-2)9-14-10-12/h3-10H2,1-2H3. The Hall–Kier alpha value is -0.0800. The van der Waals surface area contributed by atoms with Gasteiger partial charge in [0.05, 0.1) is 26.4 Å². The van der Waals surface area contributed by atoms with E-state index in [1.807, 2.05) is 0 Å². The zero-order valence-electron chi connectivity index (χ0n) is 9.47. The van der Waals surface area contributed by atoms with Gasteiger partial charge in [0.25, 0.3) is 0 Å². The first-order chi connectivity index (χ1) is 6.74. The molecule has 2 aliphatic rings. The molecule has 2 saturated heterocycles. The second-order valence-electron chi connectivity index (χ2n) is 5.19. The third kappa shape index (κ3) is 1.70. The lowest BCUT2D eigenvalue weighted by Crippen LogP contribution is -2.47. The molecule has 0 atom stereocenters. The van der Waals surface area contributed by atoms with E-state index in [9.17, 15) is 0 Å². The van der Waals surface area contributed by atoms with Crippen molar-refractivity contribution in [3.63, 3.8) is 0 Å². The van der Waals surface area contributed by atoms with Crippen LogP contribution in [0.5, 0.6) is 0 Å². The molecule has 0 N–H and O–H groups in total. The van der Waals surface area contributed by atoms with Crippen molar-refractivity contribution in [3.05, 3.63) is 0 Å². The molecule has 82 valence electrons. The molecule has 0 unspecified atom stereocenters. The van der Waals surface area contributed by atoms with Crippen LogP contribution in [0.4, 0.5) is 0 Å². The van der Waals surface area contributed by atoms with E-state index >= 15 is 0 Å². The molecule has 0 aromatic rings. The second kappa shape index (κ2) is 3.82. The molecule has 0 saturated carbocycles. The van der Waals surface area contributed by atoms with E-state index in [2.05, 4.69) is 13.8 Å². The first-order valence-electron chi connectivity index (χ1n) is 5.90. The van der Waals surface area contributed by atoms with Crippen molar-refractivity contribution < 1.29 is 9.47 Å². The van der Waals surface area contributed by atoms with Gasteiger partial charge in [-0.15, -0.1) is 0 Å². The van der Waals surface area contributed by atoms with Crippen LogP contribution in [0.3, 0.4) is 0 Å². The van der Waals surface area contributed by atoms with E-state index in [1.165, 1.54) is 25.7 Å². The predicted molar refractivity (Wildman–Crippen MR) is 56.3 cm³/mol. The summed E-state index contributed by atoms with van der Waals surface area (Å²) in [4.78, 5) is 0. The molecule has 2 heteroatoms. The third-order valence-electron chi connectivity index (χ3n) is 4.32. The van der Waals surface area contributed by atoms with Crippen LogP contribution in [0.15, 0.2) is 0 Å². The molecule has 0 amide bonds. The van der Waals surface area contributed by atoms with E-state index in [4.69, 9.17) is 9.47 Å². The van der Waals surface area contributed by atoms with Crippen molar-refractivity contribution in [2.45, 2.75) is 39.5 Å². The van der Waals surface area contributed by atoms with E-state index in [0.717, 1.165) is 26.4 Å². The van der Waals surface area contributed by atoms with Gasteiger partial charge in [-0.05, 0) is 25.7 Å². The van der Waals surface area contributed by atoms with Gasteiger partial charge < -0.3 is 9.47 Å². The fourth-order valence-electron chi connectivity index (χ4n) is 2.36. The summed E-state index contributed by atoms with van der Waals surface area (Å²) in [5.41, 5.74) is 1.05. The van der Waals surface area contributed by atoms with Crippen LogP contribution in [-0.4, -0.2) is 26.4 Å². The maximum absolute atomic E-state index is 5.35. The quantitative estimate of drug-likeness (QED) is 0.676. The Kier molecular flexibility index (Phi) is 2.85. The van der Waals surface area contributed by atoms with Gasteiger partial charge in [-0.1, -0.05) is 13.8 Å². The largest absolute Gasteiger partial charge is 0.380 e. The maximum atomic E-state index is 5.35. The maximum Gasteiger partial charge on any atom is 0.0544 e. The van der Waals surface area contributed by atoms with Gasteiger partial charge in [-0.2, -0.15) is 0 Å². The van der Waals surface area contributed by atoms with Gasteiger partial charge in [-0.25, -0.2) is 0 Å². The number of hydrogen-bond acceptors (Lipinski definition) is 2. The van der Waals surface area contributed by atoms with E-state index < -0.39 is 0 Å². The number of ether oxygens (including phenoxy) is 2. The predicted octanol–water partition coefficient (Wildman–Crippen LogP) is 2.62. The van der Waals surface area contributed by atoms with Crippen LogP contribution < -0.4 is 0 Å². The highest BCUT2D eigenvalue weighted by atomic mass is 16.5. The minimum atomic E-state index is 0.526. The average molecular weight is 198 g/mol. The molecule has 2 aliphatic heterocycles. The fourth-order valence-corrected chi connectivity index (χ4v) is 2.36. The number of hydrogen-bond donors (Lipinski definition) is 0. The minimum absolute atomic E-state index is 0.526. The van der Waals surface area contributed by atoms with E-state index in [0.29, 0.717) is 10.8 Å². The molecule has 2 nitrogen and oxygen atoms in total. The topological polar surface area (TPSA) is 18.5 Å². The molecule has 2 rings (SSSR count). The lowest BCUT2D eigenvalue weighted by Gasteiger charge is -2.46. The highest BCUT2D eigenvalue weighted by Gasteiger charge is 2.42. The molecular formula is C12H22O2. The van der Waals surface area contributed by atoms with Crippen molar-refractivity contribution in [1.82, 2.24) is 0 Å². The van der Waals surface area contributed by atoms with Crippen LogP contribution in [-0.2, 0) is 9.47 Å². The summed E-state index contributed by atoms with van der Waals surface area (Å²) >= 11 is 0. The Morgan fingerprint density at radius 1 is 0.786 bits per heavy atom. The normalized spacial score (nSPS) is 27.9. The SMILES string of the molecule is CCC1(CCC2(CC)COC2)COC1. The number of rotatable bonds is 5. The molecule has 0 aromatic carbocycles. The monoisotopic (exact) mass is 198 g/mol. The molecule has 2 heterocycles. The van der Waals surface area contributed by atoms with E-state index in [1.54, 1.807) is 0 Å². The lowest BCUT2D eigenvalue weighted by atomic mass is 9.71. The third-order valence-corrected chi connectivity index (χ3v) is 4.32. The summed E-state index contributed by atoms with van der Waals surface area (Å²) in [6.45, 7) is 8.54. The Bertz CT molecular complexity index is 159.